The maximum absolute atomic E-state index is 12.5. The maximum Gasteiger partial charge on any atom is 0.282 e. The van der Waals surface area contributed by atoms with Gasteiger partial charge >= 0.3 is 0 Å². The van der Waals surface area contributed by atoms with Crippen molar-refractivity contribution in [1.82, 2.24) is 4.98 Å². The number of nitrogens with two attached hydrogens (primary N) is 1. The minimum absolute atomic E-state index is 0.100. The van der Waals surface area contributed by atoms with Gasteiger partial charge in [-0.25, -0.2) is 4.99 Å². The molecule has 0 bridgehead atoms. The van der Waals surface area contributed by atoms with Crippen LogP contribution in [0.1, 0.15) is 48.8 Å². The lowest BCUT2D eigenvalue weighted by Gasteiger charge is -2.18. The van der Waals surface area contributed by atoms with Crippen LogP contribution >= 0.6 is 0 Å². The Labute approximate surface area is 159 Å². The Balaban J connectivity index is 1.58. The van der Waals surface area contributed by atoms with Crippen molar-refractivity contribution < 1.29 is 9.53 Å². The number of nitrogens with zero attached hydrogens (tertiary/aromatic N) is 2. The van der Waals surface area contributed by atoms with Crippen LogP contribution in [0, 0.1) is 0 Å². The van der Waals surface area contributed by atoms with Crippen LogP contribution < -0.4 is 11.1 Å². The molecule has 1 aromatic carbocycles. The number of nitrogens with one attached hydrogen (secondary N) is 1. The molecule has 142 valence electrons. The van der Waals surface area contributed by atoms with Crippen molar-refractivity contribution in [2.24, 2.45) is 10.7 Å². The van der Waals surface area contributed by atoms with Gasteiger partial charge in [0.1, 0.15) is 6.61 Å². The van der Waals surface area contributed by atoms with Gasteiger partial charge in [0.15, 0.2) is 0 Å². The van der Waals surface area contributed by atoms with Crippen molar-refractivity contribution in [1.29, 1.82) is 0 Å². The number of carbonyl (C=O) groups excluding carboxylic acids is 1. The highest BCUT2D eigenvalue weighted by atomic mass is 16.5. The number of benzene rings is 1. The Kier molecular flexibility index (Phi) is 5.44. The standard InChI is InChI=1S/C21H26N4O2/c1-21(2,3)18-12-15(10-11-23-18)19(26)24-16-7-4-14(5-8-16)6-9-17-13-27-20(22)25-17/h4-5,7-8,10-12,17H,6,9,13H2,1-3H3,(H2,22,25)(H,24,26). The van der Waals surface area contributed by atoms with Gasteiger partial charge in [-0.15, -0.1) is 0 Å². The lowest BCUT2D eigenvalue weighted by Crippen LogP contribution is -2.17. The molecule has 6 nitrogen and oxygen atoms in total. The molecule has 0 spiro atoms. The van der Waals surface area contributed by atoms with Gasteiger partial charge in [0.05, 0.1) is 6.04 Å². The first kappa shape index (κ1) is 18.9. The predicted octanol–water partition coefficient (Wildman–Crippen LogP) is 3.28. The molecule has 1 amide bonds. The largest absolute Gasteiger partial charge is 0.463 e. The Morgan fingerprint density at radius 2 is 2.00 bits per heavy atom. The number of carbonyl (C=O) groups is 1. The van der Waals surface area contributed by atoms with E-state index in [0.29, 0.717) is 12.2 Å². The number of anilines is 1. The number of aliphatic imine (C=N–C) groups is 1. The van der Waals surface area contributed by atoms with Gasteiger partial charge in [0, 0.05) is 28.6 Å². The van der Waals surface area contributed by atoms with Crippen molar-refractivity contribution in [3.8, 4) is 0 Å². The normalized spacial score (nSPS) is 16.6. The molecule has 1 unspecified atom stereocenters. The molecule has 0 saturated heterocycles. The number of ether oxygens (including phenoxy) is 1. The lowest BCUT2D eigenvalue weighted by molar-refractivity contribution is 0.102. The minimum atomic E-state index is -0.136. The van der Waals surface area contributed by atoms with Crippen LogP contribution in [0.5, 0.6) is 0 Å². The molecule has 1 aliphatic rings. The zero-order chi connectivity index (χ0) is 19.4. The van der Waals surface area contributed by atoms with Crippen molar-refractivity contribution in [3.05, 3.63) is 59.4 Å². The van der Waals surface area contributed by atoms with Crippen LogP contribution in [0.4, 0.5) is 5.69 Å². The molecule has 1 atom stereocenters. The molecule has 0 saturated carbocycles. The number of rotatable bonds is 5. The highest BCUT2D eigenvalue weighted by Crippen LogP contribution is 2.21. The summed E-state index contributed by atoms with van der Waals surface area (Å²) in [4.78, 5) is 21.1. The van der Waals surface area contributed by atoms with E-state index in [2.05, 4.69) is 36.1 Å². The predicted molar refractivity (Wildman–Crippen MR) is 107 cm³/mol. The summed E-state index contributed by atoms with van der Waals surface area (Å²) in [7, 11) is 0. The quantitative estimate of drug-likeness (QED) is 0.850. The van der Waals surface area contributed by atoms with Gasteiger partial charge in [-0.1, -0.05) is 32.9 Å². The van der Waals surface area contributed by atoms with Crippen molar-refractivity contribution in [3.63, 3.8) is 0 Å². The van der Waals surface area contributed by atoms with E-state index in [1.165, 1.54) is 5.56 Å². The van der Waals surface area contributed by atoms with E-state index in [9.17, 15) is 4.79 Å². The molecule has 27 heavy (non-hydrogen) atoms. The molecule has 6 heteroatoms. The van der Waals surface area contributed by atoms with Gasteiger partial charge in [0.25, 0.3) is 11.9 Å². The second-order valence-corrected chi connectivity index (χ2v) is 7.80. The van der Waals surface area contributed by atoms with E-state index < -0.39 is 0 Å². The van der Waals surface area contributed by atoms with Crippen molar-refractivity contribution >= 4 is 17.6 Å². The summed E-state index contributed by atoms with van der Waals surface area (Å²) in [6, 6.07) is 11.9. The highest BCUT2D eigenvalue weighted by molar-refractivity contribution is 6.04. The molecule has 1 aliphatic heterocycles. The number of hydrogen-bond acceptors (Lipinski definition) is 5. The van der Waals surface area contributed by atoms with Gasteiger partial charge in [-0.3, -0.25) is 9.78 Å². The lowest BCUT2D eigenvalue weighted by atomic mass is 9.91. The Bertz CT molecular complexity index is 838. The number of pyridine rings is 1. The molecule has 3 rings (SSSR count). The van der Waals surface area contributed by atoms with E-state index in [4.69, 9.17) is 10.5 Å². The van der Waals surface area contributed by atoms with Crippen molar-refractivity contribution in [2.75, 3.05) is 11.9 Å². The molecule has 0 fully saturated rings. The molecular formula is C21H26N4O2. The maximum atomic E-state index is 12.5. The molecule has 3 N–H and O–H groups in total. The first-order chi connectivity index (χ1) is 12.8. The Hall–Kier alpha value is -2.89. The SMILES string of the molecule is CC(C)(C)c1cc(C(=O)Nc2ccc(CCC3COC(N)=N3)cc2)ccn1. The van der Waals surface area contributed by atoms with Crippen LogP contribution in [-0.4, -0.2) is 29.6 Å². The summed E-state index contributed by atoms with van der Waals surface area (Å²) < 4.78 is 5.16. The van der Waals surface area contributed by atoms with Crippen molar-refractivity contribution in [2.45, 2.75) is 45.1 Å². The first-order valence-corrected chi connectivity index (χ1v) is 9.14. The minimum Gasteiger partial charge on any atom is -0.463 e. The monoisotopic (exact) mass is 366 g/mol. The third kappa shape index (κ3) is 5.06. The highest BCUT2D eigenvalue weighted by Gasteiger charge is 2.18. The summed E-state index contributed by atoms with van der Waals surface area (Å²) in [5.41, 5.74) is 8.88. The van der Waals surface area contributed by atoms with Gasteiger partial charge < -0.3 is 15.8 Å². The second-order valence-electron chi connectivity index (χ2n) is 7.80. The smallest absolute Gasteiger partial charge is 0.282 e. The van der Waals surface area contributed by atoms with Crippen LogP contribution in [0.25, 0.3) is 0 Å². The molecule has 1 aromatic heterocycles. The molecule has 0 aliphatic carbocycles. The molecule has 2 aromatic rings. The van der Waals surface area contributed by atoms with Crippen LogP contribution in [0.2, 0.25) is 0 Å². The summed E-state index contributed by atoms with van der Waals surface area (Å²) in [5, 5.41) is 2.94. The second kappa shape index (κ2) is 7.78. The summed E-state index contributed by atoms with van der Waals surface area (Å²) in [6.45, 7) is 6.79. The number of amidine groups is 1. The van der Waals surface area contributed by atoms with E-state index >= 15 is 0 Å². The average molecular weight is 366 g/mol. The summed E-state index contributed by atoms with van der Waals surface area (Å²) >= 11 is 0. The number of aryl methyl sites for hydroxylation is 1. The molecule has 0 radical (unpaired) electrons. The zero-order valence-corrected chi connectivity index (χ0v) is 16.0. The fourth-order valence-electron chi connectivity index (χ4n) is 2.86. The third-order valence-electron chi connectivity index (χ3n) is 4.50. The van der Waals surface area contributed by atoms with E-state index in [-0.39, 0.29) is 23.4 Å². The molecule has 2 heterocycles. The van der Waals surface area contributed by atoms with Gasteiger partial charge in [-0.2, -0.15) is 0 Å². The van der Waals surface area contributed by atoms with Crippen LogP contribution in [0.3, 0.4) is 0 Å². The van der Waals surface area contributed by atoms with Crippen LogP contribution in [-0.2, 0) is 16.6 Å². The van der Waals surface area contributed by atoms with E-state index in [1.807, 2.05) is 30.3 Å². The summed E-state index contributed by atoms with van der Waals surface area (Å²) in [6.07, 6.45) is 3.46. The zero-order valence-electron chi connectivity index (χ0n) is 16.0. The first-order valence-electron chi connectivity index (χ1n) is 9.14. The topological polar surface area (TPSA) is 89.6 Å². The van der Waals surface area contributed by atoms with Gasteiger partial charge in [0.2, 0.25) is 0 Å². The average Bonchev–Trinajstić information content (AvgIpc) is 3.06. The number of amides is 1. The number of aromatic nitrogens is 1. The van der Waals surface area contributed by atoms with Crippen LogP contribution in [0.15, 0.2) is 47.6 Å². The Morgan fingerprint density at radius 1 is 1.26 bits per heavy atom. The van der Waals surface area contributed by atoms with Gasteiger partial charge in [-0.05, 0) is 42.7 Å². The summed E-state index contributed by atoms with van der Waals surface area (Å²) in [5.74, 6) is -0.136. The third-order valence-corrected chi connectivity index (χ3v) is 4.50. The number of hydrogen-bond donors (Lipinski definition) is 2. The fourth-order valence-corrected chi connectivity index (χ4v) is 2.86. The van der Waals surface area contributed by atoms with E-state index in [1.54, 1.807) is 12.3 Å². The Morgan fingerprint density at radius 3 is 2.63 bits per heavy atom. The molecular weight excluding hydrogens is 340 g/mol. The van der Waals surface area contributed by atoms with E-state index in [0.717, 1.165) is 24.2 Å². The fraction of sp³-hybridized carbons (Fsp3) is 0.381.